The van der Waals surface area contributed by atoms with Crippen LogP contribution in [0.2, 0.25) is 0 Å². The van der Waals surface area contributed by atoms with E-state index in [4.69, 9.17) is 30.5 Å². The molecule has 20 nitrogen and oxygen atoms in total. The number of azide groups is 1. The highest BCUT2D eigenvalue weighted by atomic mass is 31.3. The number of anilines is 1. The number of nitrogens with two attached hydrogens (primary N) is 1. The van der Waals surface area contributed by atoms with Gasteiger partial charge in [0.05, 0.1) is 19.1 Å². The molecule has 3 rings (SSSR count). The molecule has 0 radical (unpaired) electrons. The molecule has 1 aromatic carbocycles. The van der Waals surface area contributed by atoms with Crippen molar-refractivity contribution in [3.8, 4) is 0 Å². The minimum atomic E-state index is -5.79. The van der Waals surface area contributed by atoms with E-state index in [1.54, 1.807) is 31.2 Å². The number of phosphoric acid groups is 3. The Bertz CT molecular complexity index is 1560. The zero-order chi connectivity index (χ0) is 31.3. The van der Waals surface area contributed by atoms with Gasteiger partial charge in [0.2, 0.25) is 0 Å². The van der Waals surface area contributed by atoms with E-state index in [-0.39, 0.29) is 18.7 Å². The molecule has 1 fully saturated rings. The van der Waals surface area contributed by atoms with Gasteiger partial charge in [-0.05, 0) is 22.7 Å². The van der Waals surface area contributed by atoms with Gasteiger partial charge in [0.25, 0.3) is 0 Å². The third kappa shape index (κ3) is 9.81. The third-order valence-electron chi connectivity index (χ3n) is 5.51. The van der Waals surface area contributed by atoms with Crippen LogP contribution < -0.4 is 11.4 Å². The lowest BCUT2D eigenvalue weighted by Gasteiger charge is -2.21. The summed E-state index contributed by atoms with van der Waals surface area (Å²) in [6.45, 7) is 0.677. The van der Waals surface area contributed by atoms with Crippen molar-refractivity contribution in [3.63, 3.8) is 0 Å². The van der Waals surface area contributed by atoms with Gasteiger partial charge in [-0.15, -0.1) is 0 Å². The Labute approximate surface area is 236 Å². The predicted molar refractivity (Wildman–Crippen MR) is 139 cm³/mol. The van der Waals surface area contributed by atoms with E-state index in [0.717, 1.165) is 4.57 Å². The normalized spacial score (nSPS) is 22.4. The fourth-order valence-electron chi connectivity index (χ4n) is 3.87. The standard InChI is InChI=1S/C19H25N6O14P3/c1-11(23-24-21)13-5-3-2-4-12(13)8-18(26)37-14-9-17(25-7-6-16(20)22-19(25)27)36-15(14)10-35-41(31,32)39-42(33,34)38-40(28,29)30/h2-7,11,14-15,17H,8-10H2,1H3,(H,31,32)(H,33,34)(H2,20,22,27)(H2,28,29,30)/t11?,14-,15-,17-/m1/s1. The fraction of sp³-hybridized carbons (Fsp3) is 0.421. The van der Waals surface area contributed by atoms with Crippen molar-refractivity contribution in [1.82, 2.24) is 9.55 Å². The van der Waals surface area contributed by atoms with E-state index < -0.39 is 66.2 Å². The van der Waals surface area contributed by atoms with Gasteiger partial charge >= 0.3 is 35.1 Å². The second-order valence-corrected chi connectivity index (χ2v) is 13.0. The number of hydrogen-bond acceptors (Lipinski definition) is 13. The fourth-order valence-corrected chi connectivity index (χ4v) is 6.90. The first-order chi connectivity index (χ1) is 19.5. The number of aromatic nitrogens is 2. The van der Waals surface area contributed by atoms with Gasteiger partial charge in [0, 0.05) is 17.5 Å². The van der Waals surface area contributed by atoms with Crippen LogP contribution in [0.5, 0.6) is 0 Å². The Hall–Kier alpha value is -2.95. The second kappa shape index (κ2) is 13.6. The summed E-state index contributed by atoms with van der Waals surface area (Å²) in [5, 5.41) is 3.62. The van der Waals surface area contributed by atoms with Gasteiger partial charge in [-0.2, -0.15) is 13.6 Å². The number of nitrogens with zero attached hydrogens (tertiary/aromatic N) is 5. The second-order valence-electron chi connectivity index (χ2n) is 8.58. The maximum absolute atomic E-state index is 12.9. The smallest absolute Gasteiger partial charge is 0.459 e. The number of benzene rings is 1. The van der Waals surface area contributed by atoms with Crippen LogP contribution in [0.25, 0.3) is 10.4 Å². The van der Waals surface area contributed by atoms with Gasteiger partial charge in [-0.1, -0.05) is 36.3 Å². The molecule has 1 aromatic heterocycles. The molecule has 6 N–H and O–H groups in total. The quantitative estimate of drug-likeness (QED) is 0.0678. The molecule has 2 heterocycles. The molecule has 1 aliphatic rings. The van der Waals surface area contributed by atoms with Gasteiger partial charge in [0.1, 0.15) is 24.3 Å². The molecule has 0 aliphatic carbocycles. The van der Waals surface area contributed by atoms with Crippen molar-refractivity contribution >= 4 is 35.3 Å². The molecular formula is C19H25N6O14P3. The number of carbonyl (C=O) groups is 1. The van der Waals surface area contributed by atoms with E-state index in [2.05, 4.69) is 28.2 Å². The summed E-state index contributed by atoms with van der Waals surface area (Å²) in [5.41, 5.74) is 14.4. The molecule has 3 unspecified atom stereocenters. The number of rotatable bonds is 13. The predicted octanol–water partition coefficient (Wildman–Crippen LogP) is 1.98. The summed E-state index contributed by atoms with van der Waals surface area (Å²) >= 11 is 0. The zero-order valence-corrected chi connectivity index (χ0v) is 24.1. The Morgan fingerprint density at radius 2 is 1.90 bits per heavy atom. The zero-order valence-electron chi connectivity index (χ0n) is 21.4. The van der Waals surface area contributed by atoms with E-state index >= 15 is 0 Å². The highest BCUT2D eigenvalue weighted by Gasteiger charge is 2.44. The van der Waals surface area contributed by atoms with Crippen LogP contribution >= 0.6 is 23.5 Å². The number of nitrogen functional groups attached to an aromatic ring is 1. The first-order valence-corrected chi connectivity index (χ1v) is 16.1. The molecule has 0 spiro atoms. The summed E-state index contributed by atoms with van der Waals surface area (Å²) in [4.78, 5) is 68.1. The molecule has 2 aromatic rings. The molecule has 0 saturated carbocycles. The van der Waals surface area contributed by atoms with Gasteiger partial charge in [0.15, 0.2) is 0 Å². The first kappa shape index (κ1) is 33.6. The van der Waals surface area contributed by atoms with Crippen LogP contribution in [0, 0.1) is 0 Å². The van der Waals surface area contributed by atoms with Crippen LogP contribution in [0.15, 0.2) is 46.4 Å². The van der Waals surface area contributed by atoms with Crippen molar-refractivity contribution in [2.45, 2.75) is 44.2 Å². The van der Waals surface area contributed by atoms with Crippen molar-refractivity contribution < 1.29 is 60.7 Å². The number of carbonyl (C=O) groups excluding carboxylic acids is 1. The highest BCUT2D eigenvalue weighted by molar-refractivity contribution is 7.66. The summed E-state index contributed by atoms with van der Waals surface area (Å²) in [5.74, 6) is -0.897. The Balaban J connectivity index is 1.79. The largest absolute Gasteiger partial charge is 0.490 e. The lowest BCUT2D eigenvalue weighted by atomic mass is 9.99. The van der Waals surface area contributed by atoms with Crippen molar-refractivity contribution in [1.29, 1.82) is 0 Å². The average Bonchev–Trinajstić information content (AvgIpc) is 3.23. The van der Waals surface area contributed by atoms with Crippen LogP contribution in [-0.2, 0) is 47.5 Å². The minimum Gasteiger partial charge on any atom is -0.459 e. The lowest BCUT2D eigenvalue weighted by Crippen LogP contribution is -2.31. The summed E-state index contributed by atoms with van der Waals surface area (Å²) in [7, 11) is -16.9. The van der Waals surface area contributed by atoms with Crippen LogP contribution in [0.3, 0.4) is 0 Å². The number of hydrogen-bond donors (Lipinski definition) is 5. The van der Waals surface area contributed by atoms with Gasteiger partial charge in [-0.25, -0.2) is 18.5 Å². The molecule has 23 heteroatoms. The van der Waals surface area contributed by atoms with Crippen molar-refractivity contribution in [2.75, 3.05) is 12.3 Å². The molecule has 0 amide bonds. The van der Waals surface area contributed by atoms with Crippen molar-refractivity contribution in [3.05, 3.63) is 68.6 Å². The molecule has 0 bridgehead atoms. The molecular weight excluding hydrogens is 629 g/mol. The monoisotopic (exact) mass is 654 g/mol. The SMILES string of the molecule is CC(N=[N+]=[N-])c1ccccc1CC(=O)O[C@@H]1C[C@H](n2ccc(N)nc2=O)O[C@@H]1COP(=O)(O)OP(=O)(O)OP(=O)(O)O. The molecule has 1 aliphatic heterocycles. The topological polar surface area (TPSA) is 305 Å². The van der Waals surface area contributed by atoms with Gasteiger partial charge in [-0.3, -0.25) is 13.9 Å². The Morgan fingerprint density at radius 1 is 1.21 bits per heavy atom. The highest BCUT2D eigenvalue weighted by Crippen LogP contribution is 2.66. The Kier molecular flexibility index (Phi) is 10.8. The molecule has 42 heavy (non-hydrogen) atoms. The minimum absolute atomic E-state index is 0.0879. The van der Waals surface area contributed by atoms with E-state index in [9.17, 15) is 33.1 Å². The molecule has 230 valence electrons. The molecule has 1 saturated heterocycles. The summed E-state index contributed by atoms with van der Waals surface area (Å²) < 4.78 is 58.9. The third-order valence-corrected chi connectivity index (χ3v) is 9.31. The first-order valence-electron chi connectivity index (χ1n) is 11.6. The average molecular weight is 654 g/mol. The number of esters is 1. The number of ether oxygens (including phenoxy) is 2. The Morgan fingerprint density at radius 3 is 2.55 bits per heavy atom. The number of phosphoric ester groups is 1. The van der Waals surface area contributed by atoms with Crippen LogP contribution in [0.4, 0.5) is 5.82 Å². The van der Waals surface area contributed by atoms with E-state index in [1.807, 2.05) is 0 Å². The summed E-state index contributed by atoms with van der Waals surface area (Å²) in [6, 6.07) is 7.27. The molecule has 6 atom stereocenters. The maximum atomic E-state index is 12.9. The van der Waals surface area contributed by atoms with Crippen molar-refractivity contribution in [2.24, 2.45) is 5.11 Å². The van der Waals surface area contributed by atoms with Crippen LogP contribution in [0.1, 0.15) is 36.7 Å². The summed E-state index contributed by atoms with van der Waals surface area (Å²) in [6.07, 6.45) is -3.01. The maximum Gasteiger partial charge on any atom is 0.490 e. The lowest BCUT2D eigenvalue weighted by molar-refractivity contribution is -0.152. The van der Waals surface area contributed by atoms with E-state index in [1.165, 1.54) is 12.3 Å². The van der Waals surface area contributed by atoms with E-state index in [0.29, 0.717) is 11.1 Å². The van der Waals surface area contributed by atoms with Crippen LogP contribution in [-0.4, -0.2) is 53.9 Å². The van der Waals surface area contributed by atoms with Gasteiger partial charge < -0.3 is 34.8 Å².